The van der Waals surface area contributed by atoms with E-state index in [0.717, 1.165) is 23.5 Å². The Morgan fingerprint density at radius 3 is 2.31 bits per heavy atom. The molecule has 3 rings (SSSR count). The van der Waals surface area contributed by atoms with E-state index in [-0.39, 0.29) is 18.0 Å². The third-order valence-corrected chi connectivity index (χ3v) is 5.48. The van der Waals surface area contributed by atoms with Crippen molar-refractivity contribution in [3.8, 4) is 0 Å². The molecular weight excluding hydrogens is 393 g/mol. The fraction of sp³-hybridized carbons (Fsp3) is 0.200. The predicted molar refractivity (Wildman–Crippen MR) is 111 cm³/mol. The van der Waals surface area contributed by atoms with Gasteiger partial charge in [-0.1, -0.05) is 17.7 Å². The molecule has 0 aliphatic heterocycles. The standard InChI is InChI=1S/C20H22FN5O2S/c1-14-3-7-17(8-4-14)25-19-13-15(2)24-20(26-19)22-11-12-23-29(27,28)18-9-5-16(21)6-10-18/h3-10,13,23H,11-12H2,1-2H3,(H2,22,24,25,26). The highest BCUT2D eigenvalue weighted by Crippen LogP contribution is 2.17. The molecule has 1 aromatic heterocycles. The van der Waals surface area contributed by atoms with Crippen molar-refractivity contribution in [1.82, 2.24) is 14.7 Å². The largest absolute Gasteiger partial charge is 0.353 e. The van der Waals surface area contributed by atoms with Crippen LogP contribution >= 0.6 is 0 Å². The van der Waals surface area contributed by atoms with Crippen LogP contribution in [0.4, 0.5) is 21.8 Å². The van der Waals surface area contributed by atoms with Crippen LogP contribution in [0.15, 0.2) is 59.5 Å². The van der Waals surface area contributed by atoms with E-state index in [4.69, 9.17) is 0 Å². The molecule has 3 aromatic rings. The molecule has 0 fully saturated rings. The van der Waals surface area contributed by atoms with Crippen molar-refractivity contribution in [1.29, 1.82) is 0 Å². The Bertz CT molecular complexity index is 1070. The summed E-state index contributed by atoms with van der Waals surface area (Å²) in [4.78, 5) is 8.72. The Hall–Kier alpha value is -3.04. The van der Waals surface area contributed by atoms with Gasteiger partial charge in [0.1, 0.15) is 11.6 Å². The van der Waals surface area contributed by atoms with Crippen LogP contribution in [0.5, 0.6) is 0 Å². The Morgan fingerprint density at radius 2 is 1.62 bits per heavy atom. The highest BCUT2D eigenvalue weighted by atomic mass is 32.2. The van der Waals surface area contributed by atoms with Crippen LogP contribution < -0.4 is 15.4 Å². The van der Waals surface area contributed by atoms with Gasteiger partial charge in [0, 0.05) is 30.5 Å². The van der Waals surface area contributed by atoms with Crippen LogP contribution in [0.2, 0.25) is 0 Å². The van der Waals surface area contributed by atoms with Gasteiger partial charge in [-0.3, -0.25) is 0 Å². The van der Waals surface area contributed by atoms with Crippen molar-refractivity contribution in [3.63, 3.8) is 0 Å². The maximum Gasteiger partial charge on any atom is 0.240 e. The average molecular weight is 415 g/mol. The Labute approximate surface area is 169 Å². The molecule has 29 heavy (non-hydrogen) atoms. The number of nitrogens with one attached hydrogen (secondary N) is 3. The number of benzene rings is 2. The highest BCUT2D eigenvalue weighted by molar-refractivity contribution is 7.89. The summed E-state index contributed by atoms with van der Waals surface area (Å²) in [5.74, 6) is 0.536. The molecule has 0 unspecified atom stereocenters. The first-order valence-electron chi connectivity index (χ1n) is 9.00. The van der Waals surface area contributed by atoms with Gasteiger partial charge in [-0.2, -0.15) is 4.98 Å². The van der Waals surface area contributed by atoms with Gasteiger partial charge in [-0.25, -0.2) is 22.5 Å². The fourth-order valence-electron chi connectivity index (χ4n) is 2.55. The second kappa shape index (κ2) is 8.97. The van der Waals surface area contributed by atoms with Crippen LogP contribution in [0, 0.1) is 19.7 Å². The smallest absolute Gasteiger partial charge is 0.240 e. The van der Waals surface area contributed by atoms with Crippen molar-refractivity contribution in [2.75, 3.05) is 23.7 Å². The number of rotatable bonds is 8. The van der Waals surface area contributed by atoms with Crippen LogP contribution in [0.25, 0.3) is 0 Å². The van der Waals surface area contributed by atoms with Gasteiger partial charge in [-0.05, 0) is 50.2 Å². The molecule has 9 heteroatoms. The molecule has 2 aromatic carbocycles. The molecule has 0 saturated heterocycles. The number of hydrogen-bond donors (Lipinski definition) is 3. The van der Waals surface area contributed by atoms with E-state index in [0.29, 0.717) is 11.8 Å². The number of aromatic nitrogens is 2. The fourth-order valence-corrected chi connectivity index (χ4v) is 3.59. The van der Waals surface area contributed by atoms with E-state index >= 15 is 0 Å². The Balaban J connectivity index is 1.57. The molecular formula is C20H22FN5O2S. The summed E-state index contributed by atoms with van der Waals surface area (Å²) in [6.45, 7) is 4.28. The summed E-state index contributed by atoms with van der Waals surface area (Å²) in [5, 5.41) is 6.22. The summed E-state index contributed by atoms with van der Waals surface area (Å²) in [6.07, 6.45) is 0. The summed E-state index contributed by atoms with van der Waals surface area (Å²) in [7, 11) is -3.70. The zero-order chi connectivity index (χ0) is 20.9. The van der Waals surface area contributed by atoms with E-state index in [2.05, 4.69) is 25.3 Å². The minimum absolute atomic E-state index is 0.00953. The van der Waals surface area contributed by atoms with Crippen LogP contribution in [0.3, 0.4) is 0 Å². The maximum atomic E-state index is 12.9. The third kappa shape index (κ3) is 5.97. The summed E-state index contributed by atoms with van der Waals surface area (Å²) in [6, 6.07) is 14.4. The maximum absolute atomic E-state index is 12.9. The van der Waals surface area contributed by atoms with Gasteiger partial charge in [0.05, 0.1) is 4.90 Å². The summed E-state index contributed by atoms with van der Waals surface area (Å²) in [5.41, 5.74) is 2.84. The van der Waals surface area contributed by atoms with E-state index in [1.165, 1.54) is 17.7 Å². The molecule has 7 nitrogen and oxygen atoms in total. The Morgan fingerprint density at radius 1 is 0.931 bits per heavy atom. The minimum Gasteiger partial charge on any atom is -0.353 e. The molecule has 0 aliphatic carbocycles. The lowest BCUT2D eigenvalue weighted by Gasteiger charge is -2.11. The first-order valence-corrected chi connectivity index (χ1v) is 10.5. The van der Waals surface area contributed by atoms with Crippen LogP contribution in [0.1, 0.15) is 11.3 Å². The monoisotopic (exact) mass is 415 g/mol. The summed E-state index contributed by atoms with van der Waals surface area (Å²) >= 11 is 0. The Kier molecular flexibility index (Phi) is 6.40. The molecule has 0 bridgehead atoms. The lowest BCUT2D eigenvalue weighted by atomic mass is 10.2. The van der Waals surface area contributed by atoms with E-state index in [1.807, 2.05) is 44.2 Å². The minimum atomic E-state index is -3.70. The molecule has 1 heterocycles. The van der Waals surface area contributed by atoms with Crippen molar-refractivity contribution in [2.24, 2.45) is 0 Å². The molecule has 0 saturated carbocycles. The molecule has 3 N–H and O–H groups in total. The molecule has 152 valence electrons. The summed E-state index contributed by atoms with van der Waals surface area (Å²) < 4.78 is 39.8. The van der Waals surface area contributed by atoms with Gasteiger partial charge >= 0.3 is 0 Å². The van der Waals surface area contributed by atoms with Crippen molar-refractivity contribution in [2.45, 2.75) is 18.7 Å². The van der Waals surface area contributed by atoms with E-state index in [9.17, 15) is 12.8 Å². The van der Waals surface area contributed by atoms with Gasteiger partial charge < -0.3 is 10.6 Å². The van der Waals surface area contributed by atoms with Crippen molar-refractivity contribution in [3.05, 3.63) is 71.7 Å². The third-order valence-electron chi connectivity index (χ3n) is 4.00. The number of hydrogen-bond acceptors (Lipinski definition) is 6. The lowest BCUT2D eigenvalue weighted by molar-refractivity contribution is 0.582. The van der Waals surface area contributed by atoms with Crippen LogP contribution in [-0.4, -0.2) is 31.5 Å². The highest BCUT2D eigenvalue weighted by Gasteiger charge is 2.13. The number of anilines is 3. The molecule has 0 aliphatic rings. The van der Waals surface area contributed by atoms with Crippen molar-refractivity contribution >= 4 is 27.5 Å². The quantitative estimate of drug-likeness (QED) is 0.488. The predicted octanol–water partition coefficient (Wildman–Crippen LogP) is 3.37. The molecule has 0 amide bonds. The van der Waals surface area contributed by atoms with Crippen LogP contribution in [-0.2, 0) is 10.0 Å². The van der Waals surface area contributed by atoms with E-state index in [1.54, 1.807) is 0 Å². The second-order valence-corrected chi connectivity index (χ2v) is 8.25. The normalized spacial score (nSPS) is 11.3. The SMILES string of the molecule is Cc1ccc(Nc2cc(C)nc(NCCNS(=O)(=O)c3ccc(F)cc3)n2)cc1. The number of sulfonamides is 1. The second-order valence-electron chi connectivity index (χ2n) is 6.49. The lowest BCUT2D eigenvalue weighted by Crippen LogP contribution is -2.29. The number of halogens is 1. The topological polar surface area (TPSA) is 96.0 Å². The number of nitrogens with zero attached hydrogens (tertiary/aromatic N) is 2. The molecule has 0 spiro atoms. The first kappa shape index (κ1) is 20.7. The zero-order valence-corrected chi connectivity index (χ0v) is 16.9. The number of aryl methyl sites for hydroxylation is 2. The van der Waals surface area contributed by atoms with Gasteiger partial charge in [0.2, 0.25) is 16.0 Å². The van der Waals surface area contributed by atoms with E-state index < -0.39 is 15.8 Å². The van der Waals surface area contributed by atoms with Gasteiger partial charge in [0.15, 0.2) is 0 Å². The zero-order valence-electron chi connectivity index (χ0n) is 16.1. The van der Waals surface area contributed by atoms with Crippen molar-refractivity contribution < 1.29 is 12.8 Å². The first-order chi connectivity index (χ1) is 13.8. The molecule has 0 radical (unpaired) electrons. The van der Waals surface area contributed by atoms with Gasteiger partial charge in [0.25, 0.3) is 0 Å². The molecule has 0 atom stereocenters. The average Bonchev–Trinajstić information content (AvgIpc) is 2.67. The van der Waals surface area contributed by atoms with Gasteiger partial charge in [-0.15, -0.1) is 0 Å².